The van der Waals surface area contributed by atoms with Crippen LogP contribution in [0.5, 0.6) is 0 Å². The molecule has 0 saturated heterocycles. The van der Waals surface area contributed by atoms with Crippen LogP contribution >= 0.6 is 23.1 Å². The molecule has 1 aromatic heterocycles. The first-order valence-electron chi connectivity index (χ1n) is 7.92. The van der Waals surface area contributed by atoms with Gasteiger partial charge in [0.25, 0.3) is 0 Å². The van der Waals surface area contributed by atoms with Crippen LogP contribution in [-0.2, 0) is 5.75 Å². The van der Waals surface area contributed by atoms with Crippen molar-refractivity contribution in [3.8, 4) is 10.6 Å². The molecular weight excluding hydrogens is 330 g/mol. The normalized spacial score (nSPS) is 11.2. The fourth-order valence-corrected chi connectivity index (χ4v) is 4.73. The van der Waals surface area contributed by atoms with Gasteiger partial charge in [-0.3, -0.25) is 0 Å². The van der Waals surface area contributed by atoms with Crippen molar-refractivity contribution in [1.29, 1.82) is 0 Å². The lowest BCUT2D eigenvalue weighted by atomic mass is 10.00. The Balaban J connectivity index is 1.92. The fraction of sp³-hybridized carbons (Fsp3) is 0.0952. The summed E-state index contributed by atoms with van der Waals surface area (Å²) in [5.74, 6) is 1.94. The van der Waals surface area contributed by atoms with Crippen molar-refractivity contribution in [2.75, 3.05) is 5.75 Å². The Morgan fingerprint density at radius 2 is 1.83 bits per heavy atom. The average Bonchev–Trinajstić information content (AvgIpc) is 3.05. The van der Waals surface area contributed by atoms with Gasteiger partial charge in [0.2, 0.25) is 0 Å². The van der Waals surface area contributed by atoms with E-state index in [1.807, 2.05) is 17.8 Å². The number of benzene rings is 3. The molecule has 0 bridgehead atoms. The third-order valence-electron chi connectivity index (χ3n) is 4.02. The maximum Gasteiger partial charge on any atom is 0.125 e. The number of rotatable bonds is 5. The van der Waals surface area contributed by atoms with Gasteiger partial charge >= 0.3 is 0 Å². The van der Waals surface area contributed by atoms with E-state index in [2.05, 4.69) is 67.2 Å². The molecule has 0 amide bonds. The molecule has 4 aromatic rings. The summed E-state index contributed by atoms with van der Waals surface area (Å²) in [6.07, 6.45) is 1.96. The van der Waals surface area contributed by atoms with Crippen LogP contribution < -0.4 is 0 Å². The van der Waals surface area contributed by atoms with Crippen LogP contribution in [-0.4, -0.2) is 10.7 Å². The number of fused-ring (bicyclic) bond motifs is 2. The van der Waals surface area contributed by atoms with Gasteiger partial charge in [-0.15, -0.1) is 17.9 Å². The molecule has 3 heteroatoms. The van der Waals surface area contributed by atoms with Gasteiger partial charge in [0.05, 0.1) is 10.2 Å². The van der Waals surface area contributed by atoms with Gasteiger partial charge in [-0.25, -0.2) is 4.98 Å². The Bertz CT molecular complexity index is 984. The highest BCUT2D eigenvalue weighted by atomic mass is 32.2. The Morgan fingerprint density at radius 1 is 1.00 bits per heavy atom. The van der Waals surface area contributed by atoms with E-state index in [1.54, 1.807) is 11.3 Å². The fourth-order valence-electron chi connectivity index (χ4n) is 2.92. The Morgan fingerprint density at radius 3 is 2.71 bits per heavy atom. The van der Waals surface area contributed by atoms with Crippen molar-refractivity contribution in [3.05, 3.63) is 78.9 Å². The molecule has 118 valence electrons. The average molecular weight is 348 g/mol. The molecular formula is C21H17NS2. The van der Waals surface area contributed by atoms with Gasteiger partial charge in [-0.1, -0.05) is 54.6 Å². The first-order valence-corrected chi connectivity index (χ1v) is 9.89. The standard InChI is InChI=1S/C21H17NS2/c1-2-13-23-14-16-12-11-15-7-3-4-8-17(15)20(16)21-22-18-9-5-6-10-19(18)24-21/h2-12H,1,13-14H2. The number of aromatic nitrogens is 1. The maximum absolute atomic E-state index is 4.91. The first kappa shape index (κ1) is 15.4. The minimum absolute atomic E-state index is 0.964. The van der Waals surface area contributed by atoms with E-state index in [0.29, 0.717) is 0 Å². The molecule has 0 unspecified atom stereocenters. The van der Waals surface area contributed by atoms with Crippen LogP contribution in [0.4, 0.5) is 0 Å². The zero-order valence-electron chi connectivity index (χ0n) is 13.2. The van der Waals surface area contributed by atoms with Crippen molar-refractivity contribution in [2.24, 2.45) is 0 Å². The molecule has 0 fully saturated rings. The van der Waals surface area contributed by atoms with Crippen LogP contribution in [0.3, 0.4) is 0 Å². The number of hydrogen-bond acceptors (Lipinski definition) is 3. The topological polar surface area (TPSA) is 12.9 Å². The lowest BCUT2D eigenvalue weighted by Crippen LogP contribution is -1.90. The van der Waals surface area contributed by atoms with E-state index in [0.717, 1.165) is 22.0 Å². The minimum Gasteiger partial charge on any atom is -0.236 e. The van der Waals surface area contributed by atoms with E-state index in [-0.39, 0.29) is 0 Å². The Labute approximate surface area is 150 Å². The second kappa shape index (κ2) is 6.80. The highest BCUT2D eigenvalue weighted by molar-refractivity contribution is 7.98. The third-order valence-corrected chi connectivity index (χ3v) is 6.06. The molecule has 0 saturated carbocycles. The van der Waals surface area contributed by atoms with E-state index in [4.69, 9.17) is 4.98 Å². The number of thiazole rings is 1. The molecule has 1 nitrogen and oxygen atoms in total. The number of para-hydroxylation sites is 1. The summed E-state index contributed by atoms with van der Waals surface area (Å²) in [5.41, 5.74) is 3.71. The summed E-state index contributed by atoms with van der Waals surface area (Å²) in [6, 6.07) is 21.4. The van der Waals surface area contributed by atoms with E-state index in [1.165, 1.54) is 26.6 Å². The lowest BCUT2D eigenvalue weighted by molar-refractivity contribution is 1.40. The zero-order chi connectivity index (χ0) is 16.4. The molecule has 1 heterocycles. The van der Waals surface area contributed by atoms with Crippen molar-refractivity contribution >= 4 is 44.1 Å². The van der Waals surface area contributed by atoms with Crippen LogP contribution in [0.15, 0.2) is 73.3 Å². The number of nitrogens with zero attached hydrogens (tertiary/aromatic N) is 1. The van der Waals surface area contributed by atoms with Crippen molar-refractivity contribution in [3.63, 3.8) is 0 Å². The molecule has 0 aliphatic heterocycles. The summed E-state index contributed by atoms with van der Waals surface area (Å²) in [7, 11) is 0. The van der Waals surface area contributed by atoms with Gasteiger partial charge in [-0.2, -0.15) is 11.8 Å². The van der Waals surface area contributed by atoms with Gasteiger partial charge in [0, 0.05) is 17.1 Å². The number of hydrogen-bond donors (Lipinski definition) is 0. The summed E-state index contributed by atoms with van der Waals surface area (Å²) in [6.45, 7) is 3.82. The second-order valence-corrected chi connectivity index (χ2v) is 7.67. The van der Waals surface area contributed by atoms with Crippen LogP contribution in [0, 0.1) is 0 Å². The van der Waals surface area contributed by atoms with E-state index >= 15 is 0 Å². The Kier molecular flexibility index (Phi) is 4.37. The highest BCUT2D eigenvalue weighted by Gasteiger charge is 2.14. The molecule has 24 heavy (non-hydrogen) atoms. The molecule has 0 aliphatic rings. The van der Waals surface area contributed by atoms with Gasteiger partial charge in [0.15, 0.2) is 0 Å². The molecule has 3 aromatic carbocycles. The maximum atomic E-state index is 4.91. The van der Waals surface area contributed by atoms with Crippen molar-refractivity contribution < 1.29 is 0 Å². The molecule has 0 spiro atoms. The van der Waals surface area contributed by atoms with Gasteiger partial charge in [-0.05, 0) is 28.5 Å². The number of thioether (sulfide) groups is 1. The molecule has 0 aliphatic carbocycles. The first-order chi connectivity index (χ1) is 11.9. The molecule has 0 atom stereocenters. The summed E-state index contributed by atoms with van der Waals surface area (Å²) in [5, 5.41) is 3.67. The minimum atomic E-state index is 0.964. The quantitative estimate of drug-likeness (QED) is 0.300. The zero-order valence-corrected chi connectivity index (χ0v) is 14.9. The van der Waals surface area contributed by atoms with Crippen LogP contribution in [0.2, 0.25) is 0 Å². The summed E-state index contributed by atoms with van der Waals surface area (Å²) < 4.78 is 1.24. The van der Waals surface area contributed by atoms with Gasteiger partial charge < -0.3 is 0 Å². The predicted octanol–water partition coefficient (Wildman–Crippen LogP) is 6.54. The van der Waals surface area contributed by atoms with E-state index in [9.17, 15) is 0 Å². The molecule has 4 rings (SSSR count). The lowest BCUT2D eigenvalue weighted by Gasteiger charge is -2.11. The summed E-state index contributed by atoms with van der Waals surface area (Å²) >= 11 is 3.67. The monoisotopic (exact) mass is 347 g/mol. The largest absolute Gasteiger partial charge is 0.236 e. The molecule has 0 radical (unpaired) electrons. The molecule has 0 N–H and O–H groups in total. The van der Waals surface area contributed by atoms with Crippen molar-refractivity contribution in [2.45, 2.75) is 5.75 Å². The van der Waals surface area contributed by atoms with E-state index < -0.39 is 0 Å². The van der Waals surface area contributed by atoms with Crippen LogP contribution in [0.25, 0.3) is 31.6 Å². The van der Waals surface area contributed by atoms with Crippen molar-refractivity contribution in [1.82, 2.24) is 4.98 Å². The highest BCUT2D eigenvalue weighted by Crippen LogP contribution is 2.38. The SMILES string of the molecule is C=CCSCc1ccc2ccccc2c1-c1nc2ccccc2s1. The summed E-state index contributed by atoms with van der Waals surface area (Å²) in [4.78, 5) is 4.91. The smallest absolute Gasteiger partial charge is 0.125 e. The van der Waals surface area contributed by atoms with Crippen LogP contribution in [0.1, 0.15) is 5.56 Å². The third kappa shape index (κ3) is 2.85. The van der Waals surface area contributed by atoms with Gasteiger partial charge in [0.1, 0.15) is 5.01 Å². The second-order valence-electron chi connectivity index (χ2n) is 5.61. The predicted molar refractivity (Wildman–Crippen MR) is 109 cm³/mol. The Hall–Kier alpha value is -2.10.